The Labute approximate surface area is 95.8 Å². The quantitative estimate of drug-likeness (QED) is 0.656. The van der Waals surface area contributed by atoms with Crippen molar-refractivity contribution < 1.29 is 0 Å². The molecule has 2 rings (SSSR count). The number of aliphatic imine (C=N–C) groups is 1. The van der Waals surface area contributed by atoms with Crippen LogP contribution in [0.25, 0.3) is 0 Å². The lowest BCUT2D eigenvalue weighted by Gasteiger charge is -2.13. The Kier molecular flexibility index (Phi) is 3.22. The van der Waals surface area contributed by atoms with Crippen molar-refractivity contribution in [2.75, 3.05) is 6.54 Å². The zero-order valence-electron chi connectivity index (χ0n) is 9.94. The maximum atomic E-state index is 12.0. The van der Waals surface area contributed by atoms with Crippen LogP contribution in [0.3, 0.4) is 0 Å². The monoisotopic (exact) mass is 218 g/mol. The maximum absolute atomic E-state index is 12.0. The van der Waals surface area contributed by atoms with E-state index in [0.717, 1.165) is 30.5 Å². The molecule has 0 N–H and O–H groups in total. The van der Waals surface area contributed by atoms with Crippen LogP contribution in [0.1, 0.15) is 43.2 Å². The van der Waals surface area contributed by atoms with E-state index in [0.29, 0.717) is 5.92 Å². The van der Waals surface area contributed by atoms with Crippen molar-refractivity contribution in [1.82, 2.24) is 4.57 Å². The molecular weight excluding hydrogens is 200 g/mol. The first kappa shape index (κ1) is 11.1. The highest BCUT2D eigenvalue weighted by molar-refractivity contribution is 5.81. The van der Waals surface area contributed by atoms with Gasteiger partial charge in [0.25, 0.3) is 5.56 Å². The molecule has 1 aromatic heterocycles. The van der Waals surface area contributed by atoms with Gasteiger partial charge in [-0.25, -0.2) is 0 Å². The molecule has 0 saturated heterocycles. The molecule has 1 aliphatic rings. The van der Waals surface area contributed by atoms with E-state index in [2.05, 4.69) is 18.0 Å². The summed E-state index contributed by atoms with van der Waals surface area (Å²) in [5.74, 6) is 0.452. The summed E-state index contributed by atoms with van der Waals surface area (Å²) in [5.41, 5.74) is 1.99. The Balaban J connectivity index is 2.56. The second kappa shape index (κ2) is 4.64. The zero-order valence-corrected chi connectivity index (χ0v) is 9.94. The van der Waals surface area contributed by atoms with Gasteiger partial charge in [-0.2, -0.15) is 0 Å². The minimum Gasteiger partial charge on any atom is -0.318 e. The predicted octanol–water partition coefficient (Wildman–Crippen LogP) is 2.09. The van der Waals surface area contributed by atoms with Crippen LogP contribution in [0.5, 0.6) is 0 Å². The second-order valence-electron chi connectivity index (χ2n) is 4.53. The van der Waals surface area contributed by atoms with Crippen LogP contribution in [0.4, 0.5) is 0 Å². The molecule has 3 heteroatoms. The molecule has 16 heavy (non-hydrogen) atoms. The maximum Gasteiger partial charge on any atom is 0.259 e. The molecule has 0 bridgehead atoms. The normalized spacial score (nSPS) is 20.8. The molecule has 0 spiro atoms. The average Bonchev–Trinajstić information content (AvgIpc) is 2.36. The van der Waals surface area contributed by atoms with Gasteiger partial charge in [-0.05, 0) is 30.4 Å². The van der Waals surface area contributed by atoms with Gasteiger partial charge >= 0.3 is 0 Å². The average molecular weight is 218 g/mol. The van der Waals surface area contributed by atoms with Gasteiger partial charge in [-0.3, -0.25) is 9.79 Å². The summed E-state index contributed by atoms with van der Waals surface area (Å²) in [6.07, 6.45) is 7.06. The molecule has 0 aliphatic carbocycles. The first-order chi connectivity index (χ1) is 7.70. The SMILES string of the molecule is CC1CCCCN=Cc2c1ccn(C)c2=O. The molecule has 86 valence electrons. The van der Waals surface area contributed by atoms with Crippen molar-refractivity contribution >= 4 is 6.21 Å². The minimum atomic E-state index is 0.0648. The van der Waals surface area contributed by atoms with Crippen LogP contribution in [0, 0.1) is 0 Å². The molecule has 3 nitrogen and oxygen atoms in total. The molecule has 1 aliphatic heterocycles. The smallest absolute Gasteiger partial charge is 0.259 e. The molecule has 0 radical (unpaired) electrons. The van der Waals surface area contributed by atoms with Crippen molar-refractivity contribution in [2.45, 2.75) is 32.1 Å². The largest absolute Gasteiger partial charge is 0.318 e. The molecule has 0 amide bonds. The third kappa shape index (κ3) is 2.08. The molecule has 0 saturated carbocycles. The van der Waals surface area contributed by atoms with Crippen LogP contribution in [-0.2, 0) is 7.05 Å². The van der Waals surface area contributed by atoms with Gasteiger partial charge < -0.3 is 4.57 Å². The van der Waals surface area contributed by atoms with Gasteiger partial charge in [0.05, 0.1) is 5.56 Å². The minimum absolute atomic E-state index is 0.0648. The highest BCUT2D eigenvalue weighted by Gasteiger charge is 2.14. The van der Waals surface area contributed by atoms with E-state index in [1.165, 1.54) is 6.42 Å². The number of pyridine rings is 1. The van der Waals surface area contributed by atoms with Gasteiger partial charge in [0.2, 0.25) is 0 Å². The van der Waals surface area contributed by atoms with Crippen molar-refractivity contribution in [2.24, 2.45) is 12.0 Å². The summed E-state index contributed by atoms with van der Waals surface area (Å²) in [4.78, 5) is 16.3. The van der Waals surface area contributed by atoms with E-state index in [1.54, 1.807) is 17.8 Å². The third-order valence-electron chi connectivity index (χ3n) is 3.27. The van der Waals surface area contributed by atoms with Crippen LogP contribution in [0.2, 0.25) is 0 Å². The highest BCUT2D eigenvalue weighted by atomic mass is 16.1. The van der Waals surface area contributed by atoms with E-state index in [9.17, 15) is 4.79 Å². The Morgan fingerprint density at radius 1 is 1.44 bits per heavy atom. The summed E-state index contributed by atoms with van der Waals surface area (Å²) in [6.45, 7) is 3.03. The number of rotatable bonds is 0. The summed E-state index contributed by atoms with van der Waals surface area (Å²) < 4.78 is 1.62. The number of aryl methyl sites for hydroxylation is 1. The fourth-order valence-electron chi connectivity index (χ4n) is 2.19. The molecule has 2 heterocycles. The van der Waals surface area contributed by atoms with Crippen molar-refractivity contribution in [3.05, 3.63) is 33.7 Å². The van der Waals surface area contributed by atoms with E-state index in [-0.39, 0.29) is 5.56 Å². The molecule has 1 aromatic rings. The Bertz CT molecular complexity index is 459. The summed E-state index contributed by atoms with van der Waals surface area (Å²) in [6, 6.07) is 2.05. The molecular formula is C13H18N2O. The fraction of sp³-hybridized carbons (Fsp3) is 0.538. The summed E-state index contributed by atoms with van der Waals surface area (Å²) in [7, 11) is 1.79. The number of hydrogen-bond acceptors (Lipinski definition) is 2. The Morgan fingerprint density at radius 2 is 2.25 bits per heavy atom. The van der Waals surface area contributed by atoms with Gasteiger partial charge in [-0.15, -0.1) is 0 Å². The Morgan fingerprint density at radius 3 is 3.06 bits per heavy atom. The molecule has 1 atom stereocenters. The number of nitrogens with zero attached hydrogens (tertiary/aromatic N) is 2. The molecule has 0 fully saturated rings. The van der Waals surface area contributed by atoms with E-state index in [4.69, 9.17) is 0 Å². The van der Waals surface area contributed by atoms with Gasteiger partial charge in [-0.1, -0.05) is 13.3 Å². The topological polar surface area (TPSA) is 34.4 Å². The highest BCUT2D eigenvalue weighted by Crippen LogP contribution is 2.23. The predicted molar refractivity (Wildman–Crippen MR) is 66.4 cm³/mol. The van der Waals surface area contributed by atoms with Crippen molar-refractivity contribution in [3.63, 3.8) is 0 Å². The third-order valence-corrected chi connectivity index (χ3v) is 3.27. The lowest BCUT2D eigenvalue weighted by molar-refractivity contribution is 0.610. The van der Waals surface area contributed by atoms with Crippen LogP contribution in [0.15, 0.2) is 22.1 Å². The first-order valence-corrected chi connectivity index (χ1v) is 5.89. The lowest BCUT2D eigenvalue weighted by atomic mass is 9.93. The van der Waals surface area contributed by atoms with Crippen LogP contribution >= 0.6 is 0 Å². The Hall–Kier alpha value is -1.38. The lowest BCUT2D eigenvalue weighted by Crippen LogP contribution is -2.22. The molecule has 1 unspecified atom stereocenters. The van der Waals surface area contributed by atoms with Gasteiger partial charge in [0.15, 0.2) is 0 Å². The van der Waals surface area contributed by atoms with Crippen LogP contribution in [-0.4, -0.2) is 17.3 Å². The van der Waals surface area contributed by atoms with E-state index in [1.807, 2.05) is 6.20 Å². The fourth-order valence-corrected chi connectivity index (χ4v) is 2.19. The zero-order chi connectivity index (χ0) is 11.5. The van der Waals surface area contributed by atoms with Crippen molar-refractivity contribution in [3.8, 4) is 0 Å². The van der Waals surface area contributed by atoms with Gasteiger partial charge in [0, 0.05) is 26.0 Å². The molecule has 0 aromatic carbocycles. The van der Waals surface area contributed by atoms with Crippen LogP contribution < -0.4 is 5.56 Å². The summed E-state index contributed by atoms with van der Waals surface area (Å²) in [5, 5.41) is 0. The second-order valence-corrected chi connectivity index (χ2v) is 4.53. The number of fused-ring (bicyclic) bond motifs is 1. The standard InChI is InChI=1S/C13H18N2O/c1-10-5-3-4-7-14-9-12-11(10)6-8-15(2)13(12)16/h6,8-10H,3-5,7H2,1-2H3. The van der Waals surface area contributed by atoms with E-state index < -0.39 is 0 Å². The van der Waals surface area contributed by atoms with Gasteiger partial charge in [0.1, 0.15) is 0 Å². The number of aromatic nitrogens is 1. The first-order valence-electron chi connectivity index (χ1n) is 5.89. The van der Waals surface area contributed by atoms with Crippen molar-refractivity contribution in [1.29, 1.82) is 0 Å². The summed E-state index contributed by atoms with van der Waals surface area (Å²) >= 11 is 0. The van der Waals surface area contributed by atoms with E-state index >= 15 is 0 Å². The number of hydrogen-bond donors (Lipinski definition) is 0.